The summed E-state index contributed by atoms with van der Waals surface area (Å²) in [7, 11) is -3.27. The van der Waals surface area contributed by atoms with Crippen molar-refractivity contribution in [3.05, 3.63) is 65.9 Å². The lowest BCUT2D eigenvalue weighted by Gasteiger charge is -2.16. The third-order valence-corrected chi connectivity index (χ3v) is 8.09. The average Bonchev–Trinajstić information content (AvgIpc) is 3.47. The molecule has 6 nitrogen and oxygen atoms in total. The number of likely N-dealkylation sites (tertiary alicyclic amines) is 1. The van der Waals surface area contributed by atoms with Crippen LogP contribution in [0.4, 0.5) is 0 Å². The van der Waals surface area contributed by atoms with E-state index in [1.807, 2.05) is 66.6 Å². The van der Waals surface area contributed by atoms with Gasteiger partial charge in [0.15, 0.2) is 0 Å². The molecule has 2 aromatic carbocycles. The number of benzene rings is 2. The van der Waals surface area contributed by atoms with E-state index >= 15 is 0 Å². The quantitative estimate of drug-likeness (QED) is 0.580. The van der Waals surface area contributed by atoms with Crippen LogP contribution in [0.2, 0.25) is 0 Å². The maximum atomic E-state index is 12.7. The number of fused-ring (bicyclic) bond motifs is 1. The summed E-state index contributed by atoms with van der Waals surface area (Å²) in [5, 5.41) is 0.598. The van der Waals surface area contributed by atoms with Gasteiger partial charge in [-0.15, -0.1) is 0 Å². The molecule has 1 aliphatic rings. The lowest BCUT2D eigenvalue weighted by molar-refractivity contribution is 0.0793. The third-order valence-electron chi connectivity index (χ3n) is 6.28. The first-order chi connectivity index (χ1) is 15.3. The predicted molar refractivity (Wildman–Crippen MR) is 129 cm³/mol. The first-order valence-corrected chi connectivity index (χ1v) is 12.8. The third kappa shape index (κ3) is 4.59. The van der Waals surface area contributed by atoms with E-state index in [0.717, 1.165) is 53.6 Å². The van der Waals surface area contributed by atoms with Crippen molar-refractivity contribution in [2.45, 2.75) is 44.8 Å². The zero-order chi connectivity index (χ0) is 22.9. The van der Waals surface area contributed by atoms with Gasteiger partial charge in [-0.25, -0.2) is 13.1 Å². The van der Waals surface area contributed by atoms with Crippen LogP contribution in [0, 0.1) is 0 Å². The van der Waals surface area contributed by atoms with E-state index in [1.54, 1.807) is 13.8 Å². The number of nitrogens with zero attached hydrogens (tertiary/aromatic N) is 2. The minimum atomic E-state index is -3.27. The molecule has 4 rings (SSSR count). The lowest BCUT2D eigenvalue weighted by Crippen LogP contribution is -2.33. The van der Waals surface area contributed by atoms with Crippen molar-refractivity contribution >= 4 is 26.8 Å². The molecule has 0 unspecified atom stereocenters. The summed E-state index contributed by atoms with van der Waals surface area (Å²) in [6, 6.07) is 16.1. The fourth-order valence-corrected chi connectivity index (χ4v) is 4.91. The Labute approximate surface area is 190 Å². The monoisotopic (exact) mass is 453 g/mol. The molecule has 1 aromatic heterocycles. The van der Waals surface area contributed by atoms with Gasteiger partial charge >= 0.3 is 0 Å². The first kappa shape index (κ1) is 22.6. The molecule has 1 fully saturated rings. The van der Waals surface area contributed by atoms with Gasteiger partial charge in [-0.1, -0.05) is 19.1 Å². The van der Waals surface area contributed by atoms with Gasteiger partial charge in [-0.2, -0.15) is 0 Å². The van der Waals surface area contributed by atoms with Crippen LogP contribution in [-0.2, 0) is 10.0 Å². The minimum absolute atomic E-state index is 0.0677. The molecule has 32 heavy (non-hydrogen) atoms. The standard InChI is InChI=1S/C25H31N3O3S/c1-18(2)32(30,31)26-17-19(3)20-6-9-23(10-7-20)28-15-12-21-16-22(8-11-24(21)28)25(29)27-13-4-5-14-27/h6-12,15-16,18-19,26H,4-5,13-14,17H2,1-3H3/t19-/m0/s1. The molecule has 1 atom stereocenters. The number of amides is 1. The van der Waals surface area contributed by atoms with E-state index < -0.39 is 15.3 Å². The van der Waals surface area contributed by atoms with E-state index in [4.69, 9.17) is 0 Å². The summed E-state index contributed by atoms with van der Waals surface area (Å²) < 4.78 is 28.8. The number of sulfonamides is 1. The van der Waals surface area contributed by atoms with E-state index in [9.17, 15) is 13.2 Å². The van der Waals surface area contributed by atoms with E-state index in [1.165, 1.54) is 0 Å². The van der Waals surface area contributed by atoms with Gasteiger partial charge in [0.2, 0.25) is 10.0 Å². The molecule has 1 amide bonds. The summed E-state index contributed by atoms with van der Waals surface area (Å²) in [5.74, 6) is 0.182. The Morgan fingerprint density at radius 3 is 2.34 bits per heavy atom. The Morgan fingerprint density at radius 1 is 1.00 bits per heavy atom. The summed E-state index contributed by atoms with van der Waals surface area (Å²) >= 11 is 0. The van der Waals surface area contributed by atoms with Gasteiger partial charge < -0.3 is 9.47 Å². The highest BCUT2D eigenvalue weighted by molar-refractivity contribution is 7.90. The van der Waals surface area contributed by atoms with Crippen molar-refractivity contribution in [1.29, 1.82) is 0 Å². The Hall–Kier alpha value is -2.64. The molecule has 1 saturated heterocycles. The zero-order valence-corrected chi connectivity index (χ0v) is 19.7. The average molecular weight is 454 g/mol. The fourth-order valence-electron chi connectivity index (χ4n) is 4.09. The van der Waals surface area contributed by atoms with Crippen LogP contribution in [-0.4, -0.2) is 48.7 Å². The summed E-state index contributed by atoms with van der Waals surface area (Å²) in [6.45, 7) is 7.44. The van der Waals surface area contributed by atoms with Crippen LogP contribution >= 0.6 is 0 Å². The van der Waals surface area contributed by atoms with Gasteiger partial charge in [0.05, 0.1) is 10.8 Å². The minimum Gasteiger partial charge on any atom is -0.339 e. The van der Waals surface area contributed by atoms with Crippen LogP contribution in [0.3, 0.4) is 0 Å². The van der Waals surface area contributed by atoms with Crippen LogP contribution < -0.4 is 4.72 Å². The number of rotatable bonds is 7. The lowest BCUT2D eigenvalue weighted by atomic mass is 10.0. The van der Waals surface area contributed by atoms with Crippen LogP contribution in [0.1, 0.15) is 55.5 Å². The van der Waals surface area contributed by atoms with Crippen LogP contribution in [0.25, 0.3) is 16.6 Å². The molecular formula is C25H31N3O3S. The molecule has 0 spiro atoms. The predicted octanol–water partition coefficient (Wildman–Crippen LogP) is 4.30. The van der Waals surface area contributed by atoms with E-state index in [2.05, 4.69) is 9.29 Å². The van der Waals surface area contributed by atoms with Gasteiger partial charge in [0.1, 0.15) is 0 Å². The normalized spacial score (nSPS) is 15.6. The van der Waals surface area contributed by atoms with Gasteiger partial charge in [-0.3, -0.25) is 4.79 Å². The Balaban J connectivity index is 1.50. The maximum Gasteiger partial charge on any atom is 0.253 e. The number of nitrogens with one attached hydrogen (secondary N) is 1. The second-order valence-electron chi connectivity index (χ2n) is 8.89. The summed E-state index contributed by atoms with van der Waals surface area (Å²) in [6.07, 6.45) is 4.19. The van der Waals surface area contributed by atoms with Crippen LogP contribution in [0.15, 0.2) is 54.7 Å². The molecule has 0 saturated carbocycles. The smallest absolute Gasteiger partial charge is 0.253 e. The fraction of sp³-hybridized carbons (Fsp3) is 0.400. The molecule has 0 bridgehead atoms. The van der Waals surface area contributed by atoms with Crippen molar-refractivity contribution in [1.82, 2.24) is 14.2 Å². The molecule has 2 heterocycles. The van der Waals surface area contributed by atoms with Crippen LogP contribution in [0.5, 0.6) is 0 Å². The van der Waals surface area contributed by atoms with Crippen molar-refractivity contribution in [3.8, 4) is 5.69 Å². The molecule has 0 aliphatic carbocycles. The molecule has 3 aromatic rings. The second-order valence-corrected chi connectivity index (χ2v) is 11.2. The number of carbonyl (C=O) groups excluding carboxylic acids is 1. The Kier molecular flexibility index (Phi) is 6.40. The Bertz CT molecular complexity index is 1210. The molecular weight excluding hydrogens is 422 g/mol. The molecule has 7 heteroatoms. The number of hydrogen-bond donors (Lipinski definition) is 1. The SMILES string of the molecule is CC(C)S(=O)(=O)NC[C@H](C)c1ccc(-n2ccc3cc(C(=O)N4CCCC4)ccc32)cc1. The van der Waals surface area contributed by atoms with E-state index in [-0.39, 0.29) is 11.8 Å². The van der Waals surface area contributed by atoms with E-state index in [0.29, 0.717) is 6.54 Å². The highest BCUT2D eigenvalue weighted by atomic mass is 32.2. The number of carbonyl (C=O) groups is 1. The van der Waals surface area contributed by atoms with Gasteiger partial charge in [-0.05, 0) is 74.6 Å². The largest absolute Gasteiger partial charge is 0.339 e. The molecule has 1 N–H and O–H groups in total. The zero-order valence-electron chi connectivity index (χ0n) is 18.9. The molecule has 0 radical (unpaired) electrons. The van der Waals surface area contributed by atoms with Crippen molar-refractivity contribution in [2.75, 3.05) is 19.6 Å². The van der Waals surface area contributed by atoms with Crippen molar-refractivity contribution in [2.24, 2.45) is 0 Å². The van der Waals surface area contributed by atoms with Crippen molar-refractivity contribution in [3.63, 3.8) is 0 Å². The van der Waals surface area contributed by atoms with Gasteiger partial charge in [0.25, 0.3) is 5.91 Å². The molecule has 170 valence electrons. The highest BCUT2D eigenvalue weighted by Crippen LogP contribution is 2.25. The maximum absolute atomic E-state index is 12.7. The number of aromatic nitrogens is 1. The van der Waals surface area contributed by atoms with Crippen molar-refractivity contribution < 1.29 is 13.2 Å². The first-order valence-electron chi connectivity index (χ1n) is 11.3. The summed E-state index contributed by atoms with van der Waals surface area (Å²) in [5.41, 5.74) is 3.89. The molecule has 1 aliphatic heterocycles. The second kappa shape index (κ2) is 9.08. The topological polar surface area (TPSA) is 71.4 Å². The number of hydrogen-bond acceptors (Lipinski definition) is 3. The van der Waals surface area contributed by atoms with Gasteiger partial charge in [0, 0.05) is 42.5 Å². The highest BCUT2D eigenvalue weighted by Gasteiger charge is 2.20. The Morgan fingerprint density at radius 2 is 1.69 bits per heavy atom. The summed E-state index contributed by atoms with van der Waals surface area (Å²) in [4.78, 5) is 14.6.